The van der Waals surface area contributed by atoms with Gasteiger partial charge < -0.3 is 14.5 Å². The highest BCUT2D eigenvalue weighted by Crippen LogP contribution is 2.26. The highest BCUT2D eigenvalue weighted by molar-refractivity contribution is 5.82. The van der Waals surface area contributed by atoms with Gasteiger partial charge >= 0.3 is 0 Å². The van der Waals surface area contributed by atoms with Crippen LogP contribution in [0.1, 0.15) is 37.2 Å². The van der Waals surface area contributed by atoms with Crippen molar-refractivity contribution >= 4 is 12.0 Å². The maximum absolute atomic E-state index is 12.2. The van der Waals surface area contributed by atoms with E-state index in [4.69, 9.17) is 9.15 Å². The van der Waals surface area contributed by atoms with Crippen molar-refractivity contribution in [1.29, 1.82) is 0 Å². The predicted octanol–water partition coefficient (Wildman–Crippen LogP) is 3.29. The second-order valence-electron chi connectivity index (χ2n) is 8.19. The molecule has 0 spiro atoms. The van der Waals surface area contributed by atoms with Gasteiger partial charge in [0.05, 0.1) is 12.3 Å². The number of carbonyl (C=O) groups is 1. The monoisotopic (exact) mass is 409 g/mol. The Hall–Kier alpha value is -2.57. The summed E-state index contributed by atoms with van der Waals surface area (Å²) < 4.78 is 11.4. The fraction of sp³-hybridized carbons (Fsp3) is 0.458. The average Bonchev–Trinajstić information content (AvgIpc) is 3.14. The van der Waals surface area contributed by atoms with Gasteiger partial charge in [-0.15, -0.1) is 0 Å². The van der Waals surface area contributed by atoms with Gasteiger partial charge in [0.15, 0.2) is 0 Å². The molecule has 1 N–H and O–H groups in total. The van der Waals surface area contributed by atoms with Crippen molar-refractivity contribution in [1.82, 2.24) is 15.1 Å². The van der Waals surface area contributed by atoms with Gasteiger partial charge in [0.25, 0.3) is 0 Å². The predicted molar refractivity (Wildman–Crippen MR) is 117 cm³/mol. The van der Waals surface area contributed by atoms with Crippen molar-refractivity contribution in [3.63, 3.8) is 0 Å². The van der Waals surface area contributed by atoms with Crippen LogP contribution in [-0.4, -0.2) is 54.5 Å². The number of nitrogens with one attached hydrogen (secondary N) is 1. The van der Waals surface area contributed by atoms with E-state index in [-0.39, 0.29) is 11.9 Å². The molecule has 1 aromatic heterocycles. The van der Waals surface area contributed by atoms with Crippen LogP contribution in [0.15, 0.2) is 46.6 Å². The molecule has 0 radical (unpaired) electrons. The molecule has 6 heteroatoms. The molecular weight excluding hydrogens is 378 g/mol. The van der Waals surface area contributed by atoms with E-state index >= 15 is 0 Å². The Bertz CT molecular complexity index is 891. The Morgan fingerprint density at radius 2 is 2.20 bits per heavy atom. The maximum Gasteiger partial charge on any atom is 0.237 e. The number of rotatable bonds is 6. The number of furan rings is 1. The molecule has 1 aromatic carbocycles. The number of fused-ring (bicyclic) bond motifs is 1. The first-order valence-electron chi connectivity index (χ1n) is 10.8. The van der Waals surface area contributed by atoms with Gasteiger partial charge in [-0.2, -0.15) is 0 Å². The van der Waals surface area contributed by atoms with Gasteiger partial charge in [0, 0.05) is 44.8 Å². The number of piperazine rings is 1. The summed E-state index contributed by atoms with van der Waals surface area (Å²) >= 11 is 0. The fourth-order valence-electron chi connectivity index (χ4n) is 4.38. The lowest BCUT2D eigenvalue weighted by Gasteiger charge is -2.34. The first kappa shape index (κ1) is 20.7. The van der Waals surface area contributed by atoms with Crippen LogP contribution in [0, 0.1) is 0 Å². The summed E-state index contributed by atoms with van der Waals surface area (Å²) in [5, 5.41) is 2.98. The Balaban J connectivity index is 1.45. The van der Waals surface area contributed by atoms with Crippen LogP contribution >= 0.6 is 0 Å². The van der Waals surface area contributed by atoms with E-state index in [1.807, 2.05) is 12.1 Å². The first-order chi connectivity index (χ1) is 14.6. The number of hydrogen-bond acceptors (Lipinski definition) is 5. The third-order valence-electron chi connectivity index (χ3n) is 5.80. The van der Waals surface area contributed by atoms with Gasteiger partial charge in [-0.25, -0.2) is 0 Å². The maximum atomic E-state index is 12.2. The van der Waals surface area contributed by atoms with Crippen LogP contribution in [0.25, 0.3) is 6.08 Å². The highest BCUT2D eigenvalue weighted by atomic mass is 16.5. The molecule has 3 heterocycles. The summed E-state index contributed by atoms with van der Waals surface area (Å²) in [6, 6.07) is 10.3. The summed E-state index contributed by atoms with van der Waals surface area (Å²) in [6.45, 7) is 9.90. The molecule has 2 aliphatic rings. The molecule has 160 valence electrons. The number of benzene rings is 1. The van der Waals surface area contributed by atoms with E-state index in [0.29, 0.717) is 6.61 Å². The van der Waals surface area contributed by atoms with Crippen molar-refractivity contribution in [2.24, 2.45) is 0 Å². The number of carbonyl (C=O) groups excluding carboxylic acids is 1. The molecule has 1 atom stereocenters. The second kappa shape index (κ2) is 9.49. The van der Waals surface area contributed by atoms with Gasteiger partial charge in [0.2, 0.25) is 5.91 Å². The minimum atomic E-state index is -0.0419. The standard InChI is InChI=1S/C24H31N3O3/c1-3-22-24(28)25-8-9-27(22)16-19-6-7-23-20(14-19)17-26(10-12-30-23)15-18(2)13-21-5-4-11-29-21/h4-7,11,13-14,22H,3,8-10,12,15-17H2,1-2H3,(H,25,28)/b18-13+/t22-/m0/s1. The highest BCUT2D eigenvalue weighted by Gasteiger charge is 2.28. The molecule has 0 aliphatic carbocycles. The van der Waals surface area contributed by atoms with Crippen molar-refractivity contribution in [2.45, 2.75) is 39.4 Å². The van der Waals surface area contributed by atoms with Crippen molar-refractivity contribution in [2.75, 3.05) is 32.8 Å². The Labute approximate surface area is 178 Å². The third kappa shape index (κ3) is 4.94. The van der Waals surface area contributed by atoms with Crippen LogP contribution in [0.3, 0.4) is 0 Å². The van der Waals surface area contributed by atoms with E-state index in [9.17, 15) is 4.79 Å². The fourth-order valence-corrected chi connectivity index (χ4v) is 4.38. The zero-order valence-electron chi connectivity index (χ0n) is 17.9. The van der Waals surface area contributed by atoms with Crippen molar-refractivity contribution in [3.8, 4) is 5.75 Å². The Kier molecular flexibility index (Phi) is 6.55. The lowest BCUT2D eigenvalue weighted by molar-refractivity contribution is -0.129. The van der Waals surface area contributed by atoms with Crippen LogP contribution < -0.4 is 10.1 Å². The molecule has 0 unspecified atom stereocenters. The molecule has 6 nitrogen and oxygen atoms in total. The van der Waals surface area contributed by atoms with Crippen LogP contribution in [0.2, 0.25) is 0 Å². The molecule has 1 amide bonds. The number of hydrogen-bond donors (Lipinski definition) is 1. The van der Waals surface area contributed by atoms with Crippen LogP contribution in [0.4, 0.5) is 0 Å². The van der Waals surface area contributed by atoms with E-state index in [0.717, 1.165) is 57.2 Å². The van der Waals surface area contributed by atoms with Gasteiger partial charge in [0.1, 0.15) is 18.1 Å². The van der Waals surface area contributed by atoms with Gasteiger partial charge in [-0.05, 0) is 49.2 Å². The van der Waals surface area contributed by atoms with E-state index < -0.39 is 0 Å². The van der Waals surface area contributed by atoms with E-state index in [1.54, 1.807) is 6.26 Å². The Morgan fingerprint density at radius 3 is 3.00 bits per heavy atom. The molecular formula is C24H31N3O3. The SMILES string of the molecule is CC[C@H]1C(=O)NCCN1Cc1ccc2c(c1)CN(C/C(C)=C/c1ccco1)CCO2. The molecule has 0 saturated carbocycles. The van der Waals surface area contributed by atoms with Gasteiger partial charge in [-0.3, -0.25) is 14.6 Å². The van der Waals surface area contributed by atoms with E-state index in [2.05, 4.69) is 53.2 Å². The minimum Gasteiger partial charge on any atom is -0.492 e. The second-order valence-corrected chi connectivity index (χ2v) is 8.19. The number of ether oxygens (including phenoxy) is 1. The average molecular weight is 410 g/mol. The molecule has 30 heavy (non-hydrogen) atoms. The largest absolute Gasteiger partial charge is 0.492 e. The lowest BCUT2D eigenvalue weighted by Crippen LogP contribution is -2.54. The van der Waals surface area contributed by atoms with Crippen LogP contribution in [-0.2, 0) is 17.9 Å². The normalized spacial score (nSPS) is 20.9. The summed E-state index contributed by atoms with van der Waals surface area (Å²) in [5.74, 6) is 2.00. The number of nitrogens with zero attached hydrogens (tertiary/aromatic N) is 2. The summed E-state index contributed by atoms with van der Waals surface area (Å²) in [4.78, 5) is 16.9. The lowest BCUT2D eigenvalue weighted by atomic mass is 10.1. The molecule has 0 bridgehead atoms. The van der Waals surface area contributed by atoms with Crippen LogP contribution in [0.5, 0.6) is 5.75 Å². The molecule has 2 aliphatic heterocycles. The topological polar surface area (TPSA) is 58.0 Å². The minimum absolute atomic E-state index is 0.0419. The molecule has 1 saturated heterocycles. The summed E-state index contributed by atoms with van der Waals surface area (Å²) in [7, 11) is 0. The van der Waals surface area contributed by atoms with Gasteiger partial charge in [-0.1, -0.05) is 18.6 Å². The van der Waals surface area contributed by atoms with Crippen molar-refractivity contribution < 1.29 is 13.9 Å². The summed E-state index contributed by atoms with van der Waals surface area (Å²) in [6.07, 6.45) is 4.62. The first-order valence-corrected chi connectivity index (χ1v) is 10.8. The molecule has 2 aromatic rings. The third-order valence-corrected chi connectivity index (χ3v) is 5.80. The zero-order chi connectivity index (χ0) is 20.9. The van der Waals surface area contributed by atoms with Crippen molar-refractivity contribution in [3.05, 3.63) is 59.1 Å². The van der Waals surface area contributed by atoms with E-state index in [1.165, 1.54) is 16.7 Å². The quantitative estimate of drug-likeness (QED) is 0.793. The smallest absolute Gasteiger partial charge is 0.237 e. The zero-order valence-corrected chi connectivity index (χ0v) is 17.9. The molecule has 1 fully saturated rings. The number of amides is 1. The summed E-state index contributed by atoms with van der Waals surface area (Å²) in [5.41, 5.74) is 3.70. The Morgan fingerprint density at radius 1 is 1.30 bits per heavy atom. The molecule has 4 rings (SSSR count).